The number of rotatable bonds is 1. The van der Waals surface area contributed by atoms with E-state index in [0.717, 1.165) is 15.7 Å². The second-order valence-electron chi connectivity index (χ2n) is 5.12. The van der Waals surface area contributed by atoms with Crippen LogP contribution in [0, 0.1) is 6.92 Å². The van der Waals surface area contributed by atoms with Gasteiger partial charge in [0.15, 0.2) is 0 Å². The summed E-state index contributed by atoms with van der Waals surface area (Å²) >= 11 is 3.54. The number of aryl methyl sites for hydroxylation is 1. The van der Waals surface area contributed by atoms with E-state index in [-0.39, 0.29) is 5.41 Å². The predicted molar refractivity (Wildman–Crippen MR) is 70.3 cm³/mol. The average molecular weight is 295 g/mol. The van der Waals surface area contributed by atoms with Gasteiger partial charge in [0, 0.05) is 4.47 Å². The zero-order chi connectivity index (χ0) is 12.6. The van der Waals surface area contributed by atoms with Crippen molar-refractivity contribution < 1.29 is 0 Å². The Morgan fingerprint density at radius 3 is 2.47 bits per heavy atom. The Morgan fingerprint density at radius 1 is 1.24 bits per heavy atom. The Morgan fingerprint density at radius 2 is 1.94 bits per heavy atom. The Hall–Kier alpha value is -1.23. The van der Waals surface area contributed by atoms with Crippen molar-refractivity contribution in [2.24, 2.45) is 0 Å². The van der Waals surface area contributed by atoms with E-state index in [9.17, 15) is 0 Å². The first kappa shape index (κ1) is 12.2. The lowest BCUT2D eigenvalue weighted by Crippen LogP contribution is -2.16. The molecule has 0 atom stereocenters. The molecule has 17 heavy (non-hydrogen) atoms. The van der Waals surface area contributed by atoms with Gasteiger partial charge in [0.05, 0.1) is 5.69 Å². The fourth-order valence-corrected chi connectivity index (χ4v) is 2.45. The van der Waals surface area contributed by atoms with Crippen LogP contribution in [-0.2, 0) is 5.41 Å². The normalized spacial score (nSPS) is 11.8. The summed E-state index contributed by atoms with van der Waals surface area (Å²) in [4.78, 5) is 0. The summed E-state index contributed by atoms with van der Waals surface area (Å²) in [6.45, 7) is 8.61. The van der Waals surface area contributed by atoms with E-state index in [4.69, 9.17) is 0 Å². The fourth-order valence-electron chi connectivity index (χ4n) is 1.88. The van der Waals surface area contributed by atoms with Gasteiger partial charge in [0.2, 0.25) is 0 Å². The van der Waals surface area contributed by atoms with E-state index < -0.39 is 0 Å². The first-order chi connectivity index (χ1) is 7.89. The van der Waals surface area contributed by atoms with Crippen LogP contribution in [0.2, 0.25) is 0 Å². The number of hydrogen-bond acceptors (Lipinski definition) is 3. The van der Waals surface area contributed by atoms with Gasteiger partial charge >= 0.3 is 0 Å². The topological polar surface area (TPSA) is 43.6 Å². The first-order valence-corrected chi connectivity index (χ1v) is 6.23. The molecule has 0 fully saturated rings. The predicted octanol–water partition coefficient (Wildman–Crippen LogP) is 3.03. The van der Waals surface area contributed by atoms with Crippen LogP contribution in [0.25, 0.3) is 5.69 Å². The summed E-state index contributed by atoms with van der Waals surface area (Å²) in [6.07, 6.45) is 1.63. The maximum Gasteiger partial charge on any atom is 0.143 e. The zero-order valence-electron chi connectivity index (χ0n) is 10.4. The SMILES string of the molecule is Cc1cc(Br)cc(C(C)(C)C)c1-n1cnnn1. The quantitative estimate of drug-likeness (QED) is 0.812. The molecule has 1 aromatic carbocycles. The lowest BCUT2D eigenvalue weighted by molar-refractivity contribution is 0.580. The van der Waals surface area contributed by atoms with Gasteiger partial charge in [-0.2, -0.15) is 4.68 Å². The van der Waals surface area contributed by atoms with Crippen LogP contribution in [0.15, 0.2) is 22.9 Å². The van der Waals surface area contributed by atoms with Crippen molar-refractivity contribution in [1.29, 1.82) is 0 Å². The van der Waals surface area contributed by atoms with E-state index in [1.807, 2.05) is 0 Å². The van der Waals surface area contributed by atoms with E-state index in [2.05, 4.69) is 71.3 Å². The van der Waals surface area contributed by atoms with Crippen LogP contribution in [0.1, 0.15) is 31.9 Å². The molecule has 2 rings (SSSR count). The fraction of sp³-hybridized carbons (Fsp3) is 0.417. The number of hydrogen-bond donors (Lipinski definition) is 0. The van der Waals surface area contributed by atoms with Crippen LogP contribution in [0.3, 0.4) is 0 Å². The summed E-state index contributed by atoms with van der Waals surface area (Å²) in [5.74, 6) is 0. The highest BCUT2D eigenvalue weighted by Gasteiger charge is 2.21. The van der Waals surface area contributed by atoms with Crippen molar-refractivity contribution in [2.45, 2.75) is 33.1 Å². The maximum atomic E-state index is 3.99. The van der Waals surface area contributed by atoms with Crippen molar-refractivity contribution in [2.75, 3.05) is 0 Å². The molecule has 0 unspecified atom stereocenters. The molecular formula is C12H15BrN4. The molecule has 0 aliphatic carbocycles. The molecule has 5 heteroatoms. The van der Waals surface area contributed by atoms with E-state index in [1.54, 1.807) is 11.0 Å². The Labute approximate surface area is 109 Å². The van der Waals surface area contributed by atoms with Gasteiger partial charge in [-0.25, -0.2) is 0 Å². The van der Waals surface area contributed by atoms with Gasteiger partial charge in [-0.05, 0) is 46.0 Å². The summed E-state index contributed by atoms with van der Waals surface area (Å²) in [5, 5.41) is 11.4. The molecule has 1 aromatic heterocycles. The van der Waals surface area contributed by atoms with Gasteiger partial charge in [-0.3, -0.25) is 0 Å². The number of halogens is 1. The highest BCUT2D eigenvalue weighted by atomic mass is 79.9. The summed E-state index contributed by atoms with van der Waals surface area (Å²) in [5.41, 5.74) is 3.47. The minimum absolute atomic E-state index is 0.0375. The van der Waals surface area contributed by atoms with Crippen LogP contribution < -0.4 is 0 Å². The third-order valence-electron chi connectivity index (χ3n) is 2.65. The lowest BCUT2D eigenvalue weighted by Gasteiger charge is -2.24. The number of nitrogens with zero attached hydrogens (tertiary/aromatic N) is 4. The molecule has 0 aliphatic heterocycles. The second-order valence-corrected chi connectivity index (χ2v) is 6.04. The van der Waals surface area contributed by atoms with Crippen molar-refractivity contribution in [3.63, 3.8) is 0 Å². The number of aromatic nitrogens is 4. The standard InChI is InChI=1S/C12H15BrN4/c1-8-5-9(13)6-10(12(2,3)4)11(8)17-7-14-15-16-17/h5-7H,1-4H3. The number of benzene rings is 1. The zero-order valence-corrected chi connectivity index (χ0v) is 12.0. The molecular weight excluding hydrogens is 280 g/mol. The molecule has 0 N–H and O–H groups in total. The summed E-state index contributed by atoms with van der Waals surface area (Å²) in [6, 6.07) is 4.20. The summed E-state index contributed by atoms with van der Waals surface area (Å²) in [7, 11) is 0. The first-order valence-electron chi connectivity index (χ1n) is 5.43. The summed E-state index contributed by atoms with van der Waals surface area (Å²) < 4.78 is 2.80. The van der Waals surface area contributed by atoms with Gasteiger partial charge in [-0.15, -0.1) is 5.10 Å². The Kier molecular flexibility index (Phi) is 3.03. The van der Waals surface area contributed by atoms with Gasteiger partial charge < -0.3 is 0 Å². The monoisotopic (exact) mass is 294 g/mol. The molecule has 0 aliphatic rings. The molecule has 0 bridgehead atoms. The second kappa shape index (κ2) is 4.22. The molecule has 2 aromatic rings. The Bertz CT molecular complexity index is 526. The van der Waals surface area contributed by atoms with Gasteiger partial charge in [0.25, 0.3) is 0 Å². The maximum absolute atomic E-state index is 3.99. The highest BCUT2D eigenvalue weighted by Crippen LogP contribution is 2.32. The third kappa shape index (κ3) is 2.39. The van der Waals surface area contributed by atoms with Crippen molar-refractivity contribution in [1.82, 2.24) is 20.2 Å². The van der Waals surface area contributed by atoms with E-state index >= 15 is 0 Å². The van der Waals surface area contributed by atoms with Gasteiger partial charge in [-0.1, -0.05) is 36.7 Å². The molecule has 0 spiro atoms. The minimum Gasteiger partial charge on any atom is -0.200 e. The molecule has 4 nitrogen and oxygen atoms in total. The highest BCUT2D eigenvalue weighted by molar-refractivity contribution is 9.10. The lowest BCUT2D eigenvalue weighted by atomic mass is 9.84. The molecule has 0 amide bonds. The number of tetrazole rings is 1. The minimum atomic E-state index is 0.0375. The molecule has 0 radical (unpaired) electrons. The van der Waals surface area contributed by atoms with Crippen molar-refractivity contribution >= 4 is 15.9 Å². The smallest absolute Gasteiger partial charge is 0.143 e. The van der Waals surface area contributed by atoms with Crippen LogP contribution in [0.5, 0.6) is 0 Å². The molecule has 1 heterocycles. The van der Waals surface area contributed by atoms with Crippen LogP contribution in [0.4, 0.5) is 0 Å². The van der Waals surface area contributed by atoms with E-state index in [0.29, 0.717) is 0 Å². The third-order valence-corrected chi connectivity index (χ3v) is 3.11. The van der Waals surface area contributed by atoms with Gasteiger partial charge in [0.1, 0.15) is 6.33 Å². The Balaban J connectivity index is 2.73. The van der Waals surface area contributed by atoms with Crippen molar-refractivity contribution in [3.8, 4) is 5.69 Å². The molecule has 0 saturated heterocycles. The van der Waals surface area contributed by atoms with Crippen LogP contribution in [-0.4, -0.2) is 20.2 Å². The van der Waals surface area contributed by atoms with E-state index in [1.165, 1.54) is 5.56 Å². The largest absolute Gasteiger partial charge is 0.200 e. The van der Waals surface area contributed by atoms with Crippen molar-refractivity contribution in [3.05, 3.63) is 34.1 Å². The van der Waals surface area contributed by atoms with Crippen LogP contribution >= 0.6 is 15.9 Å². The average Bonchev–Trinajstić information content (AvgIpc) is 2.67. The molecule has 90 valence electrons. The molecule has 0 saturated carbocycles.